The average molecular weight is 272 g/mol. The Hall–Kier alpha value is -2.07. The molecule has 0 amide bonds. The first-order chi connectivity index (χ1) is 9.85. The number of rotatable bonds is 7. The number of para-hydroxylation sites is 1. The molecule has 0 saturated heterocycles. The molecule has 0 aliphatic carbocycles. The number of benzene rings is 1. The van der Waals surface area contributed by atoms with Gasteiger partial charge in [0.25, 0.3) is 0 Å². The first-order valence-electron chi connectivity index (χ1n) is 6.81. The number of aromatic nitrogens is 1. The largest absolute Gasteiger partial charge is 0.490 e. The van der Waals surface area contributed by atoms with Gasteiger partial charge >= 0.3 is 0 Å². The maximum Gasteiger partial charge on any atom is 0.164 e. The lowest BCUT2D eigenvalue weighted by Crippen LogP contribution is -2.07. The lowest BCUT2D eigenvalue weighted by Gasteiger charge is -2.15. The third-order valence-corrected chi connectivity index (χ3v) is 2.91. The van der Waals surface area contributed by atoms with E-state index in [2.05, 4.69) is 4.98 Å². The highest BCUT2D eigenvalue weighted by molar-refractivity contribution is 5.47. The second-order valence-corrected chi connectivity index (χ2v) is 4.36. The fraction of sp³-hybridized carbons (Fsp3) is 0.312. The molecule has 1 aromatic carbocycles. The summed E-state index contributed by atoms with van der Waals surface area (Å²) in [6.45, 7) is 3.64. The molecule has 0 unspecified atom stereocenters. The van der Waals surface area contributed by atoms with E-state index in [1.807, 2.05) is 37.3 Å². The second kappa shape index (κ2) is 7.50. The summed E-state index contributed by atoms with van der Waals surface area (Å²) in [6, 6.07) is 9.79. The lowest BCUT2D eigenvalue weighted by molar-refractivity contribution is 0.266. The van der Waals surface area contributed by atoms with Crippen molar-refractivity contribution in [2.24, 2.45) is 5.73 Å². The van der Waals surface area contributed by atoms with Gasteiger partial charge in [0.1, 0.15) is 6.61 Å². The number of pyridine rings is 1. The summed E-state index contributed by atoms with van der Waals surface area (Å²) in [5.41, 5.74) is 7.81. The van der Waals surface area contributed by atoms with Gasteiger partial charge in [0.05, 0.1) is 6.61 Å². The predicted octanol–water partition coefficient (Wildman–Crippen LogP) is 2.56. The van der Waals surface area contributed by atoms with Crippen LogP contribution in [0, 0.1) is 0 Å². The van der Waals surface area contributed by atoms with Gasteiger partial charge in [-0.1, -0.05) is 12.1 Å². The van der Waals surface area contributed by atoms with Gasteiger partial charge in [0.2, 0.25) is 0 Å². The van der Waals surface area contributed by atoms with Crippen molar-refractivity contribution in [1.29, 1.82) is 0 Å². The van der Waals surface area contributed by atoms with Crippen LogP contribution in [0.3, 0.4) is 0 Å². The molecule has 4 heteroatoms. The molecule has 2 rings (SSSR count). The topological polar surface area (TPSA) is 57.4 Å². The van der Waals surface area contributed by atoms with E-state index in [0.717, 1.165) is 29.0 Å². The minimum absolute atomic E-state index is 0.490. The molecule has 106 valence electrons. The summed E-state index contributed by atoms with van der Waals surface area (Å²) >= 11 is 0. The van der Waals surface area contributed by atoms with Crippen molar-refractivity contribution in [2.45, 2.75) is 20.0 Å². The van der Waals surface area contributed by atoms with Crippen LogP contribution >= 0.6 is 0 Å². The van der Waals surface area contributed by atoms with Gasteiger partial charge in [-0.2, -0.15) is 0 Å². The predicted molar refractivity (Wildman–Crippen MR) is 78.9 cm³/mol. The monoisotopic (exact) mass is 272 g/mol. The first-order valence-corrected chi connectivity index (χ1v) is 6.81. The maximum absolute atomic E-state index is 5.95. The fourth-order valence-corrected chi connectivity index (χ4v) is 1.98. The zero-order valence-corrected chi connectivity index (χ0v) is 11.7. The summed E-state index contributed by atoms with van der Waals surface area (Å²) < 4.78 is 11.6. The standard InChI is InChI=1S/C16H20N2O2/c1-2-19-15-5-3-4-14(6-9-17)16(15)20-12-13-7-10-18-11-8-13/h3-5,7-8,10-11H,2,6,9,12,17H2,1H3. The van der Waals surface area contributed by atoms with Gasteiger partial charge in [0, 0.05) is 12.4 Å². The zero-order chi connectivity index (χ0) is 14.2. The smallest absolute Gasteiger partial charge is 0.164 e. The first kappa shape index (κ1) is 14.3. The number of nitrogens with two attached hydrogens (primary N) is 1. The third-order valence-electron chi connectivity index (χ3n) is 2.91. The molecular formula is C16H20N2O2. The van der Waals surface area contributed by atoms with Crippen molar-refractivity contribution in [1.82, 2.24) is 4.98 Å². The van der Waals surface area contributed by atoms with E-state index >= 15 is 0 Å². The lowest BCUT2D eigenvalue weighted by atomic mass is 10.1. The van der Waals surface area contributed by atoms with Crippen LogP contribution in [0.15, 0.2) is 42.7 Å². The van der Waals surface area contributed by atoms with Crippen LogP contribution in [0.4, 0.5) is 0 Å². The maximum atomic E-state index is 5.95. The Kier molecular flexibility index (Phi) is 5.38. The molecule has 2 N–H and O–H groups in total. The van der Waals surface area contributed by atoms with Crippen molar-refractivity contribution in [3.63, 3.8) is 0 Å². The molecule has 4 nitrogen and oxygen atoms in total. The highest BCUT2D eigenvalue weighted by atomic mass is 16.5. The van der Waals surface area contributed by atoms with Crippen molar-refractivity contribution in [3.05, 3.63) is 53.9 Å². The highest BCUT2D eigenvalue weighted by Gasteiger charge is 2.10. The van der Waals surface area contributed by atoms with E-state index < -0.39 is 0 Å². The Labute approximate surface area is 119 Å². The molecule has 1 aromatic heterocycles. The summed E-state index contributed by atoms with van der Waals surface area (Å²) in [4.78, 5) is 4.00. The molecule has 1 heterocycles. The molecule has 0 aliphatic heterocycles. The minimum atomic E-state index is 0.490. The van der Waals surface area contributed by atoms with Crippen LogP contribution in [0.1, 0.15) is 18.1 Å². The summed E-state index contributed by atoms with van der Waals surface area (Å²) in [5, 5.41) is 0. The van der Waals surface area contributed by atoms with Crippen molar-refractivity contribution in [2.75, 3.05) is 13.2 Å². The molecule has 20 heavy (non-hydrogen) atoms. The summed E-state index contributed by atoms with van der Waals surface area (Å²) in [5.74, 6) is 1.56. The Morgan fingerprint density at radius 2 is 1.90 bits per heavy atom. The number of hydrogen-bond donors (Lipinski definition) is 1. The van der Waals surface area contributed by atoms with E-state index in [4.69, 9.17) is 15.2 Å². The Morgan fingerprint density at radius 3 is 2.60 bits per heavy atom. The fourth-order valence-electron chi connectivity index (χ4n) is 1.98. The van der Waals surface area contributed by atoms with Crippen LogP contribution in [-0.4, -0.2) is 18.1 Å². The Balaban J connectivity index is 2.18. The molecule has 0 saturated carbocycles. The summed E-state index contributed by atoms with van der Waals surface area (Å²) in [6.07, 6.45) is 4.29. The van der Waals surface area contributed by atoms with Crippen LogP contribution < -0.4 is 15.2 Å². The van der Waals surface area contributed by atoms with E-state index in [9.17, 15) is 0 Å². The Morgan fingerprint density at radius 1 is 1.10 bits per heavy atom. The van der Waals surface area contributed by atoms with Crippen LogP contribution in [0.2, 0.25) is 0 Å². The average Bonchev–Trinajstić information content (AvgIpc) is 2.48. The van der Waals surface area contributed by atoms with Gasteiger partial charge in [-0.3, -0.25) is 4.98 Å². The van der Waals surface area contributed by atoms with E-state index in [1.54, 1.807) is 12.4 Å². The molecule has 0 spiro atoms. The molecule has 0 aliphatic rings. The SMILES string of the molecule is CCOc1cccc(CCN)c1OCc1ccncc1. The van der Waals surface area contributed by atoms with Crippen molar-refractivity contribution >= 4 is 0 Å². The van der Waals surface area contributed by atoms with Gasteiger partial charge in [-0.05, 0) is 49.2 Å². The van der Waals surface area contributed by atoms with Gasteiger partial charge in [0.15, 0.2) is 11.5 Å². The number of hydrogen-bond acceptors (Lipinski definition) is 4. The van der Waals surface area contributed by atoms with Gasteiger partial charge in [-0.15, -0.1) is 0 Å². The van der Waals surface area contributed by atoms with E-state index in [0.29, 0.717) is 19.8 Å². The summed E-state index contributed by atoms with van der Waals surface area (Å²) in [7, 11) is 0. The normalized spacial score (nSPS) is 10.3. The quantitative estimate of drug-likeness (QED) is 0.841. The Bertz CT molecular complexity index is 505. The second-order valence-electron chi connectivity index (χ2n) is 4.36. The number of ether oxygens (including phenoxy) is 2. The molecule has 2 aromatic rings. The molecule has 0 radical (unpaired) electrons. The van der Waals surface area contributed by atoms with Crippen molar-refractivity contribution < 1.29 is 9.47 Å². The molecule has 0 atom stereocenters. The number of nitrogens with zero attached hydrogens (tertiary/aromatic N) is 1. The van der Waals surface area contributed by atoms with Gasteiger partial charge in [-0.25, -0.2) is 0 Å². The minimum Gasteiger partial charge on any atom is -0.490 e. The highest BCUT2D eigenvalue weighted by Crippen LogP contribution is 2.32. The van der Waals surface area contributed by atoms with Crippen LogP contribution in [0.25, 0.3) is 0 Å². The van der Waals surface area contributed by atoms with E-state index in [-0.39, 0.29) is 0 Å². The molecular weight excluding hydrogens is 252 g/mol. The van der Waals surface area contributed by atoms with Gasteiger partial charge < -0.3 is 15.2 Å². The van der Waals surface area contributed by atoms with Crippen LogP contribution in [0.5, 0.6) is 11.5 Å². The van der Waals surface area contributed by atoms with Crippen LogP contribution in [-0.2, 0) is 13.0 Å². The zero-order valence-electron chi connectivity index (χ0n) is 11.7. The van der Waals surface area contributed by atoms with E-state index in [1.165, 1.54) is 0 Å². The van der Waals surface area contributed by atoms with Crippen molar-refractivity contribution in [3.8, 4) is 11.5 Å². The molecule has 0 bridgehead atoms. The third kappa shape index (κ3) is 3.71. The molecule has 0 fully saturated rings.